The van der Waals surface area contributed by atoms with Crippen LogP contribution in [0, 0.1) is 0 Å². The van der Waals surface area contributed by atoms with Crippen molar-refractivity contribution in [3.8, 4) is 23.0 Å². The highest BCUT2D eigenvalue weighted by molar-refractivity contribution is 9.11. The van der Waals surface area contributed by atoms with Crippen molar-refractivity contribution in [3.05, 3.63) is 109 Å². The molecule has 0 fully saturated rings. The molecule has 4 aromatic rings. The maximum atomic E-state index is 10.2. The lowest BCUT2D eigenvalue weighted by Gasteiger charge is -2.24. The average Bonchev–Trinajstić information content (AvgIpc) is 2.91. The van der Waals surface area contributed by atoms with Crippen molar-refractivity contribution < 1.29 is 20.4 Å². The quantitative estimate of drug-likeness (QED) is 0.142. The Labute approximate surface area is 290 Å². The highest BCUT2D eigenvalue weighted by Crippen LogP contribution is 2.45. The molecule has 0 saturated heterocycles. The molecule has 0 aliphatic carbocycles. The molecule has 4 rings (SSSR count). The Bertz CT molecular complexity index is 1310. The van der Waals surface area contributed by atoms with E-state index < -0.39 is 0 Å². The first-order chi connectivity index (χ1) is 19.3. The van der Waals surface area contributed by atoms with Crippen LogP contribution in [0.4, 0.5) is 0 Å². The lowest BCUT2D eigenvalue weighted by atomic mass is 9.82. The summed E-state index contributed by atoms with van der Waals surface area (Å²) in [5.41, 5.74) is 3.37. The van der Waals surface area contributed by atoms with Crippen molar-refractivity contribution in [2.24, 2.45) is 0 Å². The van der Waals surface area contributed by atoms with Crippen LogP contribution >= 0.6 is 110 Å². The van der Waals surface area contributed by atoms with E-state index in [9.17, 15) is 20.4 Å². The Morgan fingerprint density at radius 1 is 0.439 bits per heavy atom. The smallest absolute Gasteiger partial charge is 0.148 e. The second-order valence-electron chi connectivity index (χ2n) is 9.37. The van der Waals surface area contributed by atoms with Gasteiger partial charge in [-0.25, -0.2) is 0 Å². The molecular weight excluding hydrogens is 874 g/mol. The number of hydrogen-bond acceptors (Lipinski definition) is 4. The summed E-state index contributed by atoms with van der Waals surface area (Å²) in [4.78, 5) is 0. The number of phenolic OH excluding ortho intramolecular Hbond substituents is 4. The summed E-state index contributed by atoms with van der Waals surface area (Å²) in [6.07, 6.45) is 1.96. The summed E-state index contributed by atoms with van der Waals surface area (Å²) in [6, 6.07) is 14.1. The molecule has 4 aromatic carbocycles. The molecule has 0 bridgehead atoms. The molecule has 0 aliphatic rings. The van der Waals surface area contributed by atoms with Crippen molar-refractivity contribution in [1.82, 2.24) is 0 Å². The minimum Gasteiger partial charge on any atom is -0.505 e. The molecule has 0 spiro atoms. The summed E-state index contributed by atoms with van der Waals surface area (Å²) in [5.74, 6) is -0.616. The van der Waals surface area contributed by atoms with Crippen LogP contribution in [0.1, 0.15) is 53.4 Å². The first-order valence-electron chi connectivity index (χ1n) is 12.0. The molecule has 12 heteroatoms. The van der Waals surface area contributed by atoms with Crippen LogP contribution in [0.2, 0.25) is 20.1 Å². The Morgan fingerprint density at radius 3 is 0.854 bits per heavy atom. The van der Waals surface area contributed by atoms with E-state index in [-0.39, 0.29) is 54.9 Å². The van der Waals surface area contributed by atoms with Gasteiger partial charge in [-0.05, 0) is 147 Å². The fourth-order valence-corrected chi connectivity index (χ4v) is 8.00. The fraction of sp³-hybridized carbons (Fsp3) is 0.172. The van der Waals surface area contributed by atoms with Crippen LogP contribution in [0.5, 0.6) is 23.0 Å². The zero-order valence-corrected chi connectivity index (χ0v) is 30.1. The summed E-state index contributed by atoms with van der Waals surface area (Å²) in [5, 5.41) is 41.7. The molecule has 216 valence electrons. The summed E-state index contributed by atoms with van der Waals surface area (Å²) >= 11 is 38.9. The average molecular weight is 894 g/mol. The summed E-state index contributed by atoms with van der Waals surface area (Å²) in [6.45, 7) is 0. The van der Waals surface area contributed by atoms with Crippen LogP contribution in [0.15, 0.2) is 66.4 Å². The molecule has 0 heterocycles. The maximum absolute atomic E-state index is 10.2. The van der Waals surface area contributed by atoms with Crippen molar-refractivity contribution >= 4 is 110 Å². The van der Waals surface area contributed by atoms with E-state index in [0.717, 1.165) is 22.3 Å². The van der Waals surface area contributed by atoms with E-state index in [0.29, 0.717) is 37.2 Å². The SMILES string of the molecule is Oc1c(Cl)cc(C(CCCC(c2cc(Cl)c(O)c(Br)c2)c2cc(Cl)c(O)c(Br)c2)c2cc(Cl)c(O)c(Br)c2)cc1Br. The van der Waals surface area contributed by atoms with Crippen molar-refractivity contribution in [1.29, 1.82) is 0 Å². The van der Waals surface area contributed by atoms with E-state index in [1.165, 1.54) is 0 Å². The Morgan fingerprint density at radius 2 is 0.659 bits per heavy atom. The van der Waals surface area contributed by atoms with E-state index in [1.54, 1.807) is 24.3 Å². The number of halogens is 8. The fourth-order valence-electron chi connectivity index (χ4n) is 4.72. The molecule has 0 unspecified atom stereocenters. The Hall–Kier alpha value is -0.840. The molecule has 0 aliphatic heterocycles. The van der Waals surface area contributed by atoms with Gasteiger partial charge < -0.3 is 20.4 Å². The zero-order chi connectivity index (χ0) is 30.2. The van der Waals surface area contributed by atoms with E-state index in [4.69, 9.17) is 46.4 Å². The lowest BCUT2D eigenvalue weighted by Crippen LogP contribution is -2.06. The van der Waals surface area contributed by atoms with Crippen molar-refractivity contribution in [2.45, 2.75) is 31.1 Å². The normalized spacial score (nSPS) is 11.6. The van der Waals surface area contributed by atoms with Crippen LogP contribution < -0.4 is 0 Å². The summed E-state index contributed by atoms with van der Waals surface area (Å²) < 4.78 is 1.83. The van der Waals surface area contributed by atoms with Gasteiger partial charge in [0, 0.05) is 11.8 Å². The molecule has 0 saturated carbocycles. The Balaban J connectivity index is 1.74. The van der Waals surface area contributed by atoms with Crippen molar-refractivity contribution in [2.75, 3.05) is 0 Å². The largest absolute Gasteiger partial charge is 0.505 e. The Kier molecular flexibility index (Phi) is 11.2. The van der Waals surface area contributed by atoms with Gasteiger partial charge in [0.15, 0.2) is 0 Å². The molecule has 4 N–H and O–H groups in total. The van der Waals surface area contributed by atoms with Gasteiger partial charge in [-0.3, -0.25) is 0 Å². The van der Waals surface area contributed by atoms with Gasteiger partial charge >= 0.3 is 0 Å². The lowest BCUT2D eigenvalue weighted by molar-refractivity contribution is 0.471. The molecule has 0 radical (unpaired) electrons. The number of aromatic hydroxyl groups is 4. The van der Waals surface area contributed by atoms with Crippen LogP contribution in [0.3, 0.4) is 0 Å². The maximum Gasteiger partial charge on any atom is 0.148 e. The minimum absolute atomic E-state index is 0.0521. The number of rotatable bonds is 8. The van der Waals surface area contributed by atoms with Gasteiger partial charge in [0.25, 0.3) is 0 Å². The first kappa shape index (κ1) is 33.1. The molecule has 0 atom stereocenters. The molecule has 0 aromatic heterocycles. The first-order valence-corrected chi connectivity index (χ1v) is 16.7. The van der Waals surface area contributed by atoms with Crippen LogP contribution in [-0.2, 0) is 0 Å². The third kappa shape index (κ3) is 7.46. The van der Waals surface area contributed by atoms with E-state index in [2.05, 4.69) is 63.7 Å². The minimum atomic E-state index is -0.204. The second-order valence-corrected chi connectivity index (χ2v) is 14.4. The van der Waals surface area contributed by atoms with E-state index >= 15 is 0 Å². The van der Waals surface area contributed by atoms with Gasteiger partial charge in [0.1, 0.15) is 23.0 Å². The highest BCUT2D eigenvalue weighted by atomic mass is 79.9. The number of phenols is 4. The van der Waals surface area contributed by atoms with Gasteiger partial charge in [-0.2, -0.15) is 0 Å². The summed E-state index contributed by atoms with van der Waals surface area (Å²) in [7, 11) is 0. The van der Waals surface area contributed by atoms with E-state index in [1.807, 2.05) is 24.3 Å². The highest BCUT2D eigenvalue weighted by Gasteiger charge is 2.24. The third-order valence-electron chi connectivity index (χ3n) is 6.75. The van der Waals surface area contributed by atoms with Crippen LogP contribution in [0.25, 0.3) is 0 Å². The molecule has 0 amide bonds. The van der Waals surface area contributed by atoms with Gasteiger partial charge in [-0.1, -0.05) is 52.8 Å². The predicted molar refractivity (Wildman–Crippen MR) is 181 cm³/mol. The molecule has 41 heavy (non-hydrogen) atoms. The second kappa shape index (κ2) is 13.9. The topological polar surface area (TPSA) is 80.9 Å². The molecular formula is C29H20Br4Cl4O4. The number of hydrogen-bond donors (Lipinski definition) is 4. The van der Waals surface area contributed by atoms with Gasteiger partial charge in [-0.15, -0.1) is 0 Å². The van der Waals surface area contributed by atoms with Gasteiger partial charge in [0.05, 0.1) is 38.0 Å². The van der Waals surface area contributed by atoms with Crippen LogP contribution in [-0.4, -0.2) is 20.4 Å². The third-order valence-corrected chi connectivity index (χ3v) is 10.3. The monoisotopic (exact) mass is 888 g/mol. The molecule has 4 nitrogen and oxygen atoms in total. The standard InChI is InChI=1S/C29H20Br4Cl4O4/c30-18-4-12(8-22(34)26(18)38)16(13-5-19(31)27(39)23(35)9-13)2-1-3-17(14-6-20(32)28(40)24(36)10-14)15-7-21(33)29(41)25(37)11-15/h4-11,16-17,38-41H,1-3H2. The van der Waals surface area contributed by atoms with Gasteiger partial charge in [0.2, 0.25) is 0 Å². The predicted octanol–water partition coefficient (Wildman–Crippen LogP) is 12.3. The number of benzene rings is 4. The zero-order valence-electron chi connectivity index (χ0n) is 20.7. The van der Waals surface area contributed by atoms with Crippen molar-refractivity contribution in [3.63, 3.8) is 0 Å².